The molecule has 5 heteroatoms. The number of aliphatic hydroxyl groups is 1. The van der Waals surface area contributed by atoms with Crippen LogP contribution in [-0.4, -0.2) is 39.5 Å². The van der Waals surface area contributed by atoms with Gasteiger partial charge in [-0.05, 0) is 61.9 Å². The van der Waals surface area contributed by atoms with E-state index in [4.69, 9.17) is 4.74 Å². The molecule has 0 bridgehead atoms. The van der Waals surface area contributed by atoms with Gasteiger partial charge < -0.3 is 9.84 Å². The summed E-state index contributed by atoms with van der Waals surface area (Å²) in [4.78, 5) is 2.39. The van der Waals surface area contributed by atoms with Crippen LogP contribution in [0.25, 0.3) is 0 Å². The number of hydrogen-bond acceptors (Lipinski definition) is 4. The average molecular weight is 341 g/mol. The van der Waals surface area contributed by atoms with Crippen LogP contribution in [0.2, 0.25) is 0 Å². The molecule has 1 N–H and O–H groups in total. The van der Waals surface area contributed by atoms with E-state index in [9.17, 15) is 5.11 Å². The van der Waals surface area contributed by atoms with E-state index in [0.29, 0.717) is 12.5 Å². The van der Waals surface area contributed by atoms with Crippen molar-refractivity contribution in [1.82, 2.24) is 14.7 Å². The smallest absolute Gasteiger partial charge is 0.119 e. The molecule has 1 fully saturated rings. The normalized spacial score (nSPS) is 18.8. The van der Waals surface area contributed by atoms with Gasteiger partial charge in [0.25, 0.3) is 0 Å². The summed E-state index contributed by atoms with van der Waals surface area (Å²) < 4.78 is 7.97. The van der Waals surface area contributed by atoms with Gasteiger partial charge in [-0.15, -0.1) is 0 Å². The van der Waals surface area contributed by atoms with Crippen LogP contribution in [0.15, 0.2) is 24.3 Å². The minimum absolute atomic E-state index is 0.375. The second-order valence-corrected chi connectivity index (χ2v) is 7.44. The molecule has 1 aliphatic carbocycles. The van der Waals surface area contributed by atoms with E-state index in [0.717, 1.165) is 50.5 Å². The maximum Gasteiger partial charge on any atom is 0.119 e. The van der Waals surface area contributed by atoms with Crippen molar-refractivity contribution in [1.29, 1.82) is 0 Å². The Morgan fingerprint density at radius 1 is 1.20 bits per heavy atom. The Balaban J connectivity index is 1.30. The molecule has 0 amide bonds. The molecular weight excluding hydrogens is 314 g/mol. The summed E-state index contributed by atoms with van der Waals surface area (Å²) in [6, 6.07) is 8.33. The number of fused-ring (bicyclic) bond motifs is 1. The Bertz CT molecular complexity index is 751. The monoisotopic (exact) mass is 341 g/mol. The van der Waals surface area contributed by atoms with Crippen LogP contribution >= 0.6 is 0 Å². The largest absolute Gasteiger partial charge is 0.492 e. The maximum absolute atomic E-state index is 10.3. The fourth-order valence-corrected chi connectivity index (χ4v) is 3.43. The SMILES string of the molecule is Cc1ccc(OCCN2CCn3nc(C(O)C4CC4)cc3C2)cc1C. The number of benzene rings is 1. The third-order valence-corrected chi connectivity index (χ3v) is 5.42. The first-order valence-electron chi connectivity index (χ1n) is 9.27. The summed E-state index contributed by atoms with van der Waals surface area (Å²) in [5.41, 5.74) is 4.61. The van der Waals surface area contributed by atoms with Gasteiger partial charge in [-0.2, -0.15) is 5.10 Å². The van der Waals surface area contributed by atoms with Gasteiger partial charge in [0, 0.05) is 19.6 Å². The summed E-state index contributed by atoms with van der Waals surface area (Å²) >= 11 is 0. The summed E-state index contributed by atoms with van der Waals surface area (Å²) in [6.07, 6.45) is 1.89. The Morgan fingerprint density at radius 2 is 2.04 bits per heavy atom. The standard InChI is InChI=1S/C20H27N3O2/c1-14-3-6-18(11-15(14)2)25-10-9-22-7-8-23-17(13-22)12-19(21-23)20(24)16-4-5-16/h3,6,11-12,16,20,24H,4-5,7-10,13H2,1-2H3. The summed E-state index contributed by atoms with van der Waals surface area (Å²) in [5.74, 6) is 1.37. The molecule has 1 aromatic carbocycles. The highest BCUT2D eigenvalue weighted by atomic mass is 16.5. The zero-order chi connectivity index (χ0) is 17.4. The minimum Gasteiger partial charge on any atom is -0.492 e. The number of rotatable bonds is 6. The molecule has 2 aromatic rings. The number of aryl methyl sites for hydroxylation is 2. The van der Waals surface area contributed by atoms with Gasteiger partial charge in [-0.3, -0.25) is 9.58 Å². The van der Waals surface area contributed by atoms with Gasteiger partial charge >= 0.3 is 0 Å². The molecule has 2 aliphatic rings. The molecule has 1 atom stereocenters. The van der Waals surface area contributed by atoms with Crippen molar-refractivity contribution in [2.24, 2.45) is 5.92 Å². The van der Waals surface area contributed by atoms with Crippen molar-refractivity contribution < 1.29 is 9.84 Å². The highest BCUT2D eigenvalue weighted by molar-refractivity contribution is 5.33. The van der Waals surface area contributed by atoms with Gasteiger partial charge in [-0.25, -0.2) is 0 Å². The van der Waals surface area contributed by atoms with Crippen LogP contribution in [0.3, 0.4) is 0 Å². The van der Waals surface area contributed by atoms with Crippen molar-refractivity contribution in [3.63, 3.8) is 0 Å². The lowest BCUT2D eigenvalue weighted by molar-refractivity contribution is 0.147. The summed E-state index contributed by atoms with van der Waals surface area (Å²) in [6.45, 7) is 8.56. The maximum atomic E-state index is 10.3. The Hall–Kier alpha value is -1.85. The lowest BCUT2D eigenvalue weighted by Crippen LogP contribution is -2.36. The van der Waals surface area contributed by atoms with Crippen LogP contribution in [0.4, 0.5) is 0 Å². The van der Waals surface area contributed by atoms with E-state index < -0.39 is 0 Å². The molecular formula is C20H27N3O2. The predicted octanol–water partition coefficient (Wildman–Crippen LogP) is 2.84. The number of aliphatic hydroxyl groups excluding tert-OH is 1. The van der Waals surface area contributed by atoms with E-state index >= 15 is 0 Å². The molecule has 1 aliphatic heterocycles. The fraction of sp³-hybridized carbons (Fsp3) is 0.550. The second kappa shape index (κ2) is 6.81. The fourth-order valence-electron chi connectivity index (χ4n) is 3.43. The van der Waals surface area contributed by atoms with Gasteiger partial charge in [0.05, 0.1) is 17.9 Å². The van der Waals surface area contributed by atoms with Crippen molar-refractivity contribution >= 4 is 0 Å². The molecule has 25 heavy (non-hydrogen) atoms. The number of hydrogen-bond donors (Lipinski definition) is 1. The van der Waals surface area contributed by atoms with Crippen molar-refractivity contribution in [3.05, 3.63) is 46.8 Å². The van der Waals surface area contributed by atoms with Crippen LogP contribution in [0.1, 0.15) is 41.5 Å². The molecule has 134 valence electrons. The molecule has 1 aromatic heterocycles. The highest BCUT2D eigenvalue weighted by Crippen LogP contribution is 2.40. The molecule has 1 saturated carbocycles. The van der Waals surface area contributed by atoms with E-state index in [2.05, 4.69) is 46.7 Å². The van der Waals surface area contributed by atoms with Crippen molar-refractivity contribution in [3.8, 4) is 5.75 Å². The first-order valence-corrected chi connectivity index (χ1v) is 9.27. The molecule has 4 rings (SSSR count). The number of aromatic nitrogens is 2. The topological polar surface area (TPSA) is 50.5 Å². The lowest BCUT2D eigenvalue weighted by atomic mass is 10.1. The molecule has 5 nitrogen and oxygen atoms in total. The molecule has 1 unspecified atom stereocenters. The molecule has 2 heterocycles. The first kappa shape index (κ1) is 16.6. The second-order valence-electron chi connectivity index (χ2n) is 7.44. The third kappa shape index (κ3) is 3.72. The van der Waals surface area contributed by atoms with Crippen LogP contribution in [0, 0.1) is 19.8 Å². The first-order chi connectivity index (χ1) is 12.1. The van der Waals surface area contributed by atoms with E-state index in [1.807, 2.05) is 6.07 Å². The zero-order valence-corrected chi connectivity index (χ0v) is 15.1. The Morgan fingerprint density at radius 3 is 2.80 bits per heavy atom. The lowest BCUT2D eigenvalue weighted by Gasteiger charge is -2.27. The van der Waals surface area contributed by atoms with Crippen molar-refractivity contribution in [2.45, 2.75) is 45.9 Å². The summed E-state index contributed by atoms with van der Waals surface area (Å²) in [5, 5.41) is 14.9. The Kier molecular flexibility index (Phi) is 4.52. The molecule has 0 radical (unpaired) electrons. The quantitative estimate of drug-likeness (QED) is 0.878. The van der Waals surface area contributed by atoms with Gasteiger partial charge in [-0.1, -0.05) is 6.07 Å². The minimum atomic E-state index is -0.375. The third-order valence-electron chi connectivity index (χ3n) is 5.42. The number of ether oxygens (including phenoxy) is 1. The van der Waals surface area contributed by atoms with E-state index in [1.54, 1.807) is 0 Å². The van der Waals surface area contributed by atoms with E-state index in [1.165, 1.54) is 16.8 Å². The average Bonchev–Trinajstić information content (AvgIpc) is 3.36. The summed E-state index contributed by atoms with van der Waals surface area (Å²) in [7, 11) is 0. The number of nitrogens with zero attached hydrogens (tertiary/aromatic N) is 3. The van der Waals surface area contributed by atoms with Crippen LogP contribution in [-0.2, 0) is 13.1 Å². The van der Waals surface area contributed by atoms with Gasteiger partial charge in [0.15, 0.2) is 0 Å². The molecule has 0 saturated heterocycles. The van der Waals surface area contributed by atoms with Gasteiger partial charge in [0.1, 0.15) is 18.5 Å². The highest BCUT2D eigenvalue weighted by Gasteiger charge is 2.33. The van der Waals surface area contributed by atoms with Crippen LogP contribution < -0.4 is 4.74 Å². The predicted molar refractivity (Wildman–Crippen MR) is 96.6 cm³/mol. The van der Waals surface area contributed by atoms with Crippen LogP contribution in [0.5, 0.6) is 5.75 Å². The Labute approximate surface area is 149 Å². The van der Waals surface area contributed by atoms with E-state index in [-0.39, 0.29) is 6.10 Å². The van der Waals surface area contributed by atoms with Crippen molar-refractivity contribution in [2.75, 3.05) is 19.7 Å². The molecule has 0 spiro atoms. The zero-order valence-electron chi connectivity index (χ0n) is 15.1. The van der Waals surface area contributed by atoms with Gasteiger partial charge in [0.2, 0.25) is 0 Å².